The Bertz CT molecular complexity index is 1110. The van der Waals surface area contributed by atoms with Gasteiger partial charge in [0.15, 0.2) is 6.61 Å². The van der Waals surface area contributed by atoms with Gasteiger partial charge in [0.05, 0.1) is 0 Å². The summed E-state index contributed by atoms with van der Waals surface area (Å²) in [6.07, 6.45) is 0.389. The van der Waals surface area contributed by atoms with Crippen LogP contribution in [0.15, 0.2) is 77.3 Å². The second kappa shape index (κ2) is 11.9. The number of halogens is 2. The van der Waals surface area contributed by atoms with Crippen molar-refractivity contribution in [3.8, 4) is 5.75 Å². The van der Waals surface area contributed by atoms with Gasteiger partial charge in [0, 0.05) is 29.5 Å². The molecule has 0 fully saturated rings. The summed E-state index contributed by atoms with van der Waals surface area (Å²) < 4.78 is 6.67. The zero-order valence-corrected chi connectivity index (χ0v) is 20.9. The van der Waals surface area contributed by atoms with Gasteiger partial charge >= 0.3 is 0 Å². The molecule has 0 unspecified atom stereocenters. The van der Waals surface area contributed by atoms with E-state index in [-0.39, 0.29) is 25.0 Å². The van der Waals surface area contributed by atoms with Gasteiger partial charge in [-0.2, -0.15) is 0 Å². The van der Waals surface area contributed by atoms with Gasteiger partial charge in [0.1, 0.15) is 11.8 Å². The van der Waals surface area contributed by atoms with E-state index in [2.05, 4.69) is 21.2 Å². The molecule has 33 heavy (non-hydrogen) atoms. The molecule has 0 saturated carbocycles. The number of carbonyl (C=O) groups excluding carboxylic acids is 2. The van der Waals surface area contributed by atoms with Crippen LogP contribution in [-0.2, 0) is 22.6 Å². The van der Waals surface area contributed by atoms with Gasteiger partial charge in [-0.3, -0.25) is 9.59 Å². The Balaban J connectivity index is 1.87. The average Bonchev–Trinajstić information content (AvgIpc) is 2.82. The molecule has 1 atom stereocenters. The minimum Gasteiger partial charge on any atom is -0.484 e. The van der Waals surface area contributed by atoms with Gasteiger partial charge in [-0.05, 0) is 53.9 Å². The number of benzene rings is 3. The average molecular weight is 530 g/mol. The van der Waals surface area contributed by atoms with Crippen molar-refractivity contribution in [2.45, 2.75) is 25.9 Å². The number of likely N-dealkylation sites (N-methyl/N-ethyl adjacent to an activating group) is 1. The largest absolute Gasteiger partial charge is 0.484 e. The van der Waals surface area contributed by atoms with Crippen LogP contribution in [0, 0.1) is 6.92 Å². The Morgan fingerprint density at radius 2 is 1.76 bits per heavy atom. The summed E-state index contributed by atoms with van der Waals surface area (Å²) in [7, 11) is 1.58. The number of hydrogen-bond acceptors (Lipinski definition) is 3. The Labute approximate surface area is 207 Å². The molecule has 7 heteroatoms. The quantitative estimate of drug-likeness (QED) is 0.416. The van der Waals surface area contributed by atoms with Crippen LogP contribution in [-0.4, -0.2) is 36.4 Å². The molecule has 2 amide bonds. The SMILES string of the molecule is CNC(=O)[C@@H](Cc1ccccc1)N(Cc1cccc(Br)c1)C(=O)COc1ccc(Cl)c(C)c1. The van der Waals surface area contributed by atoms with Crippen molar-refractivity contribution in [2.75, 3.05) is 13.7 Å². The second-order valence-corrected chi connectivity index (χ2v) is 8.99. The predicted molar refractivity (Wildman–Crippen MR) is 134 cm³/mol. The highest BCUT2D eigenvalue weighted by molar-refractivity contribution is 9.10. The number of ether oxygens (including phenoxy) is 1. The molecule has 0 aliphatic heterocycles. The molecule has 3 aromatic carbocycles. The zero-order chi connectivity index (χ0) is 23.8. The summed E-state index contributed by atoms with van der Waals surface area (Å²) in [5.74, 6) is 0.0313. The summed E-state index contributed by atoms with van der Waals surface area (Å²) in [4.78, 5) is 27.9. The first kappa shape index (κ1) is 24.8. The molecular formula is C26H26BrClN2O3. The maximum absolute atomic E-state index is 13.4. The summed E-state index contributed by atoms with van der Waals surface area (Å²) in [6.45, 7) is 1.95. The van der Waals surface area contributed by atoms with Crippen LogP contribution in [0.3, 0.4) is 0 Å². The number of nitrogens with one attached hydrogen (secondary N) is 1. The summed E-state index contributed by atoms with van der Waals surface area (Å²) in [6, 6.07) is 21.9. The molecule has 0 aromatic heterocycles. The monoisotopic (exact) mass is 528 g/mol. The number of amides is 2. The zero-order valence-electron chi connectivity index (χ0n) is 18.6. The van der Waals surface area contributed by atoms with Crippen LogP contribution in [0.2, 0.25) is 5.02 Å². The normalized spacial score (nSPS) is 11.5. The van der Waals surface area contributed by atoms with Crippen LogP contribution in [0.5, 0.6) is 5.75 Å². The molecule has 172 valence electrons. The fraction of sp³-hybridized carbons (Fsp3) is 0.231. The van der Waals surface area contributed by atoms with E-state index in [9.17, 15) is 9.59 Å². The molecule has 3 rings (SSSR count). The van der Waals surface area contributed by atoms with E-state index in [4.69, 9.17) is 16.3 Å². The van der Waals surface area contributed by atoms with Crippen molar-refractivity contribution >= 4 is 39.3 Å². The highest BCUT2D eigenvalue weighted by Gasteiger charge is 2.30. The summed E-state index contributed by atoms with van der Waals surface area (Å²) in [5.41, 5.74) is 2.73. The smallest absolute Gasteiger partial charge is 0.261 e. The highest BCUT2D eigenvalue weighted by atomic mass is 79.9. The maximum Gasteiger partial charge on any atom is 0.261 e. The molecule has 0 aliphatic rings. The van der Waals surface area contributed by atoms with Crippen LogP contribution < -0.4 is 10.1 Å². The number of nitrogens with zero attached hydrogens (tertiary/aromatic N) is 1. The van der Waals surface area contributed by atoms with Crippen molar-refractivity contribution < 1.29 is 14.3 Å². The lowest BCUT2D eigenvalue weighted by atomic mass is 10.0. The lowest BCUT2D eigenvalue weighted by Crippen LogP contribution is -2.51. The van der Waals surface area contributed by atoms with E-state index < -0.39 is 6.04 Å². The Morgan fingerprint density at radius 1 is 1.03 bits per heavy atom. The number of rotatable bonds is 9. The molecule has 3 aromatic rings. The lowest BCUT2D eigenvalue weighted by molar-refractivity contribution is -0.142. The molecule has 0 radical (unpaired) electrons. The van der Waals surface area contributed by atoms with Crippen LogP contribution in [0.4, 0.5) is 0 Å². The third kappa shape index (κ3) is 7.07. The van der Waals surface area contributed by atoms with Crippen molar-refractivity contribution in [3.05, 3.63) is 99.0 Å². The number of carbonyl (C=O) groups is 2. The molecule has 0 bridgehead atoms. The van der Waals surface area contributed by atoms with Crippen LogP contribution >= 0.6 is 27.5 Å². The van der Waals surface area contributed by atoms with Gasteiger partial charge in [-0.25, -0.2) is 0 Å². The van der Waals surface area contributed by atoms with Gasteiger partial charge in [0.25, 0.3) is 5.91 Å². The van der Waals surface area contributed by atoms with E-state index in [0.29, 0.717) is 17.2 Å². The minimum atomic E-state index is -0.695. The van der Waals surface area contributed by atoms with Gasteiger partial charge in [-0.15, -0.1) is 0 Å². The van der Waals surface area contributed by atoms with Crippen molar-refractivity contribution in [1.82, 2.24) is 10.2 Å². The van der Waals surface area contributed by atoms with Crippen LogP contribution in [0.1, 0.15) is 16.7 Å². The molecule has 1 N–H and O–H groups in total. The first-order valence-electron chi connectivity index (χ1n) is 10.6. The molecule has 0 spiro atoms. The van der Waals surface area contributed by atoms with E-state index >= 15 is 0 Å². The predicted octanol–water partition coefficient (Wildman–Crippen LogP) is 5.18. The van der Waals surface area contributed by atoms with Gasteiger partial charge < -0.3 is 15.0 Å². The summed E-state index contributed by atoms with van der Waals surface area (Å²) >= 11 is 9.57. The molecular weight excluding hydrogens is 504 g/mol. The lowest BCUT2D eigenvalue weighted by Gasteiger charge is -2.31. The number of aryl methyl sites for hydroxylation is 1. The fourth-order valence-corrected chi connectivity index (χ4v) is 4.05. The Hall–Kier alpha value is -2.83. The van der Waals surface area contributed by atoms with E-state index in [1.165, 1.54) is 0 Å². The Morgan fingerprint density at radius 3 is 2.42 bits per heavy atom. The van der Waals surface area contributed by atoms with E-state index in [1.807, 2.05) is 61.5 Å². The van der Waals surface area contributed by atoms with Crippen LogP contribution in [0.25, 0.3) is 0 Å². The van der Waals surface area contributed by atoms with Crippen molar-refractivity contribution in [3.63, 3.8) is 0 Å². The molecule has 0 saturated heterocycles. The van der Waals surface area contributed by atoms with Crippen molar-refractivity contribution in [2.24, 2.45) is 0 Å². The minimum absolute atomic E-state index is 0.197. The topological polar surface area (TPSA) is 58.6 Å². The third-order valence-electron chi connectivity index (χ3n) is 5.25. The van der Waals surface area contributed by atoms with Gasteiger partial charge in [0.2, 0.25) is 5.91 Å². The first-order chi connectivity index (χ1) is 15.9. The van der Waals surface area contributed by atoms with Crippen molar-refractivity contribution in [1.29, 1.82) is 0 Å². The Kier molecular flexibility index (Phi) is 8.92. The summed E-state index contributed by atoms with van der Waals surface area (Å²) in [5, 5.41) is 3.34. The van der Waals surface area contributed by atoms with E-state index in [0.717, 1.165) is 21.2 Å². The third-order valence-corrected chi connectivity index (χ3v) is 6.17. The number of hydrogen-bond donors (Lipinski definition) is 1. The fourth-order valence-electron chi connectivity index (χ4n) is 3.49. The highest BCUT2D eigenvalue weighted by Crippen LogP contribution is 2.22. The maximum atomic E-state index is 13.4. The first-order valence-corrected chi connectivity index (χ1v) is 11.7. The molecule has 0 heterocycles. The van der Waals surface area contributed by atoms with Gasteiger partial charge in [-0.1, -0.05) is 70.0 Å². The second-order valence-electron chi connectivity index (χ2n) is 7.67. The van der Waals surface area contributed by atoms with E-state index in [1.54, 1.807) is 30.1 Å². The molecule has 5 nitrogen and oxygen atoms in total. The molecule has 0 aliphatic carbocycles. The standard InChI is InChI=1S/C26H26BrClN2O3/c1-18-13-22(11-12-23(18)28)33-17-25(31)30(16-20-9-6-10-21(27)14-20)24(26(32)29-2)15-19-7-4-3-5-8-19/h3-14,24H,15-17H2,1-2H3,(H,29,32)/t24-/m1/s1.